The molecule has 62 valence electrons. The van der Waals surface area contributed by atoms with Crippen molar-refractivity contribution < 1.29 is 0 Å². The smallest absolute Gasteiger partial charge is 0.0411 e. The van der Waals surface area contributed by atoms with Crippen LogP contribution in [-0.4, -0.2) is 5.38 Å². The molecular weight excluding hydrogens is 168 g/mol. The Morgan fingerprint density at radius 3 is 2.83 bits per heavy atom. The van der Waals surface area contributed by atoms with Crippen LogP contribution in [-0.2, 0) is 0 Å². The molecule has 0 N–H and O–H groups in total. The van der Waals surface area contributed by atoms with Crippen LogP contribution in [0, 0.1) is 0 Å². The summed E-state index contributed by atoms with van der Waals surface area (Å²) in [6.45, 7) is 2.04. The molecule has 0 amide bonds. The molecule has 0 saturated carbocycles. The van der Waals surface area contributed by atoms with E-state index in [0.717, 1.165) is 0 Å². The third kappa shape index (κ3) is 1.16. The molecule has 12 heavy (non-hydrogen) atoms. The third-order valence-corrected chi connectivity index (χ3v) is 2.60. The summed E-state index contributed by atoms with van der Waals surface area (Å²) < 4.78 is 0. The van der Waals surface area contributed by atoms with Gasteiger partial charge in [-0.15, -0.1) is 11.6 Å². The van der Waals surface area contributed by atoms with Crippen LogP contribution >= 0.6 is 11.6 Å². The number of hydrogen-bond acceptors (Lipinski definition) is 0. The second-order valence-corrected chi connectivity index (χ2v) is 3.88. The fourth-order valence-electron chi connectivity index (χ4n) is 1.68. The topological polar surface area (TPSA) is 0 Å². The van der Waals surface area contributed by atoms with Crippen molar-refractivity contribution in [1.82, 2.24) is 0 Å². The van der Waals surface area contributed by atoms with Crippen molar-refractivity contribution in [3.63, 3.8) is 0 Å². The summed E-state index contributed by atoms with van der Waals surface area (Å²) in [4.78, 5) is 0. The predicted octanol–water partition coefficient (Wildman–Crippen LogP) is 3.42. The van der Waals surface area contributed by atoms with Crippen LogP contribution in [0.5, 0.6) is 0 Å². The number of fused-ring (bicyclic) bond motifs is 1. The maximum atomic E-state index is 6.06. The first-order chi connectivity index (χ1) is 5.79. The Balaban J connectivity index is 2.42. The first kappa shape index (κ1) is 7.88. The maximum Gasteiger partial charge on any atom is 0.0411 e. The Kier molecular flexibility index (Phi) is 1.93. The van der Waals surface area contributed by atoms with Crippen LogP contribution in [0.15, 0.2) is 30.3 Å². The van der Waals surface area contributed by atoms with Gasteiger partial charge < -0.3 is 0 Å². The lowest BCUT2D eigenvalue weighted by molar-refractivity contribution is 0.828. The summed E-state index contributed by atoms with van der Waals surface area (Å²) in [6, 6.07) is 8.41. The van der Waals surface area contributed by atoms with Crippen molar-refractivity contribution in [1.29, 1.82) is 0 Å². The van der Waals surface area contributed by atoms with Crippen molar-refractivity contribution in [3.8, 4) is 0 Å². The summed E-state index contributed by atoms with van der Waals surface area (Å²) in [5.74, 6) is 0.405. The molecule has 0 nitrogen and oxygen atoms in total. The highest BCUT2D eigenvalue weighted by Crippen LogP contribution is 2.34. The molecular formula is C11H11Cl. The Morgan fingerprint density at radius 2 is 2.08 bits per heavy atom. The molecule has 0 radical (unpaired) electrons. The number of benzene rings is 1. The van der Waals surface area contributed by atoms with Gasteiger partial charge in [-0.05, 0) is 18.1 Å². The van der Waals surface area contributed by atoms with Gasteiger partial charge in [-0.25, -0.2) is 0 Å². The fraction of sp³-hybridized carbons (Fsp3) is 0.273. The lowest BCUT2D eigenvalue weighted by Gasteiger charge is -2.12. The van der Waals surface area contributed by atoms with E-state index >= 15 is 0 Å². The Morgan fingerprint density at radius 1 is 1.33 bits per heavy atom. The Bertz CT molecular complexity index is 313. The second-order valence-electron chi connectivity index (χ2n) is 3.19. The second kappa shape index (κ2) is 2.95. The normalized spacial score (nSPS) is 22.3. The molecule has 0 heterocycles. The minimum absolute atomic E-state index is 0.185. The maximum absolute atomic E-state index is 6.06. The number of rotatable bonds is 1. The van der Waals surface area contributed by atoms with Crippen LogP contribution in [0.4, 0.5) is 0 Å². The molecule has 0 unspecified atom stereocenters. The minimum Gasteiger partial charge on any atom is -0.122 e. The van der Waals surface area contributed by atoms with E-state index in [2.05, 4.69) is 36.4 Å². The summed E-state index contributed by atoms with van der Waals surface area (Å²) in [5, 5.41) is 0.185. The number of allylic oxidation sites excluding steroid dienone is 1. The molecule has 0 bridgehead atoms. The van der Waals surface area contributed by atoms with Crippen molar-refractivity contribution >= 4 is 17.7 Å². The van der Waals surface area contributed by atoms with Crippen LogP contribution in [0.1, 0.15) is 24.0 Å². The molecule has 1 aromatic carbocycles. The molecule has 1 heteroatoms. The van der Waals surface area contributed by atoms with E-state index in [1.807, 2.05) is 6.92 Å². The van der Waals surface area contributed by atoms with Crippen LogP contribution in [0.2, 0.25) is 0 Å². The van der Waals surface area contributed by atoms with Gasteiger partial charge in [-0.1, -0.05) is 36.4 Å². The zero-order valence-corrected chi connectivity index (χ0v) is 7.75. The first-order valence-corrected chi connectivity index (χ1v) is 4.64. The van der Waals surface area contributed by atoms with E-state index in [1.54, 1.807) is 0 Å². The van der Waals surface area contributed by atoms with Crippen LogP contribution < -0.4 is 0 Å². The van der Waals surface area contributed by atoms with Gasteiger partial charge in [0.05, 0.1) is 0 Å². The number of alkyl halides is 1. The van der Waals surface area contributed by atoms with Gasteiger partial charge in [0.15, 0.2) is 0 Å². The molecule has 0 spiro atoms. The Labute approximate surface area is 77.9 Å². The largest absolute Gasteiger partial charge is 0.122 e. The average molecular weight is 179 g/mol. The summed E-state index contributed by atoms with van der Waals surface area (Å²) in [5.41, 5.74) is 2.68. The van der Waals surface area contributed by atoms with Crippen molar-refractivity contribution in [2.45, 2.75) is 18.2 Å². The van der Waals surface area contributed by atoms with Crippen LogP contribution in [0.3, 0.4) is 0 Å². The average Bonchev–Trinajstić information content (AvgIpc) is 2.47. The highest BCUT2D eigenvalue weighted by Gasteiger charge is 2.20. The Hall–Kier alpha value is -0.750. The molecule has 0 aliphatic heterocycles. The molecule has 0 fully saturated rings. The van der Waals surface area contributed by atoms with E-state index in [4.69, 9.17) is 11.6 Å². The SMILES string of the molecule is C[C@H](Cl)[C@@H]1C=Cc2ccccc21. The molecule has 0 saturated heterocycles. The predicted molar refractivity (Wildman–Crippen MR) is 53.5 cm³/mol. The monoisotopic (exact) mass is 178 g/mol. The zero-order chi connectivity index (χ0) is 8.55. The van der Waals surface area contributed by atoms with Gasteiger partial charge in [0.25, 0.3) is 0 Å². The van der Waals surface area contributed by atoms with Crippen LogP contribution in [0.25, 0.3) is 6.08 Å². The zero-order valence-electron chi connectivity index (χ0n) is 7.00. The first-order valence-electron chi connectivity index (χ1n) is 4.20. The van der Waals surface area contributed by atoms with E-state index in [0.29, 0.717) is 5.92 Å². The van der Waals surface area contributed by atoms with E-state index < -0.39 is 0 Å². The minimum atomic E-state index is 0.185. The lowest BCUT2D eigenvalue weighted by Crippen LogP contribution is -2.04. The highest BCUT2D eigenvalue weighted by atomic mass is 35.5. The van der Waals surface area contributed by atoms with Gasteiger partial charge in [0.1, 0.15) is 0 Å². The van der Waals surface area contributed by atoms with E-state index in [1.165, 1.54) is 11.1 Å². The van der Waals surface area contributed by atoms with Crippen molar-refractivity contribution in [3.05, 3.63) is 41.5 Å². The quantitative estimate of drug-likeness (QED) is 0.578. The molecule has 1 aliphatic rings. The molecule has 2 rings (SSSR count). The third-order valence-electron chi connectivity index (χ3n) is 2.33. The van der Waals surface area contributed by atoms with Gasteiger partial charge in [-0.3, -0.25) is 0 Å². The molecule has 0 aromatic heterocycles. The summed E-state index contributed by atoms with van der Waals surface area (Å²) >= 11 is 6.06. The number of hydrogen-bond donors (Lipinski definition) is 0. The van der Waals surface area contributed by atoms with Gasteiger partial charge >= 0.3 is 0 Å². The summed E-state index contributed by atoms with van der Waals surface area (Å²) in [6.07, 6.45) is 4.33. The van der Waals surface area contributed by atoms with Gasteiger partial charge in [0.2, 0.25) is 0 Å². The van der Waals surface area contributed by atoms with E-state index in [9.17, 15) is 0 Å². The summed E-state index contributed by atoms with van der Waals surface area (Å²) in [7, 11) is 0. The van der Waals surface area contributed by atoms with Crippen molar-refractivity contribution in [2.75, 3.05) is 0 Å². The molecule has 1 aliphatic carbocycles. The number of halogens is 1. The van der Waals surface area contributed by atoms with Crippen molar-refractivity contribution in [2.24, 2.45) is 0 Å². The van der Waals surface area contributed by atoms with Gasteiger partial charge in [-0.2, -0.15) is 0 Å². The molecule has 2 atom stereocenters. The molecule has 1 aromatic rings. The van der Waals surface area contributed by atoms with Gasteiger partial charge in [0, 0.05) is 11.3 Å². The highest BCUT2D eigenvalue weighted by molar-refractivity contribution is 6.21. The standard InChI is InChI=1S/C11H11Cl/c1-8(12)10-7-6-9-4-2-3-5-11(9)10/h2-8,10H,1H3/t8-,10-/m0/s1. The fourth-order valence-corrected chi connectivity index (χ4v) is 1.90. The van der Waals surface area contributed by atoms with E-state index in [-0.39, 0.29) is 5.38 Å². The lowest BCUT2D eigenvalue weighted by atomic mass is 9.98.